The fraction of sp³-hybridized carbons (Fsp3) is 0.364. The zero-order valence-electron chi connectivity index (χ0n) is 16.7. The fourth-order valence-corrected chi connectivity index (χ4v) is 2.60. The van der Waals surface area contributed by atoms with Crippen molar-refractivity contribution in [3.63, 3.8) is 0 Å². The van der Waals surface area contributed by atoms with Gasteiger partial charge in [-0.2, -0.15) is 0 Å². The van der Waals surface area contributed by atoms with Crippen molar-refractivity contribution in [2.75, 3.05) is 13.2 Å². The lowest BCUT2D eigenvalue weighted by Crippen LogP contribution is -2.45. The Hall–Kier alpha value is -3.02. The van der Waals surface area contributed by atoms with Crippen LogP contribution in [-0.2, 0) is 16.0 Å². The van der Waals surface area contributed by atoms with E-state index < -0.39 is 11.8 Å². The lowest BCUT2D eigenvalue weighted by Gasteiger charge is -2.15. The number of hydrazine groups is 1. The van der Waals surface area contributed by atoms with Crippen molar-refractivity contribution in [3.05, 3.63) is 59.7 Å². The minimum Gasteiger partial charge on any atom is -0.484 e. The van der Waals surface area contributed by atoms with E-state index in [0.717, 1.165) is 24.0 Å². The number of benzene rings is 2. The minimum atomic E-state index is -0.449. The summed E-state index contributed by atoms with van der Waals surface area (Å²) >= 11 is 0. The molecule has 28 heavy (non-hydrogen) atoms. The molecule has 2 N–H and O–H groups in total. The first-order chi connectivity index (χ1) is 13.5. The van der Waals surface area contributed by atoms with Crippen LogP contribution < -0.4 is 20.3 Å². The Morgan fingerprint density at radius 2 is 1.61 bits per heavy atom. The molecule has 6 heteroatoms. The first kappa shape index (κ1) is 21.3. The van der Waals surface area contributed by atoms with Crippen LogP contribution in [0.4, 0.5) is 0 Å². The van der Waals surface area contributed by atoms with E-state index in [0.29, 0.717) is 17.4 Å². The van der Waals surface area contributed by atoms with Crippen LogP contribution in [0.2, 0.25) is 0 Å². The maximum Gasteiger partial charge on any atom is 0.276 e. The van der Waals surface area contributed by atoms with Gasteiger partial charge < -0.3 is 9.47 Å². The second kappa shape index (κ2) is 11.0. The van der Waals surface area contributed by atoms with Crippen molar-refractivity contribution in [2.45, 2.75) is 39.5 Å². The molecule has 150 valence electrons. The van der Waals surface area contributed by atoms with E-state index in [4.69, 9.17) is 9.47 Å². The smallest absolute Gasteiger partial charge is 0.276 e. The predicted molar refractivity (Wildman–Crippen MR) is 108 cm³/mol. The molecule has 0 aliphatic carbocycles. The van der Waals surface area contributed by atoms with E-state index in [-0.39, 0.29) is 13.2 Å². The van der Waals surface area contributed by atoms with E-state index in [1.807, 2.05) is 49.4 Å². The highest BCUT2D eigenvalue weighted by Crippen LogP contribution is 2.28. The maximum atomic E-state index is 11.9. The monoisotopic (exact) mass is 384 g/mol. The second-order valence-corrected chi connectivity index (χ2v) is 6.52. The van der Waals surface area contributed by atoms with Crippen LogP contribution in [-0.4, -0.2) is 25.0 Å². The zero-order valence-corrected chi connectivity index (χ0v) is 16.7. The molecule has 0 spiro atoms. The molecule has 0 aliphatic heterocycles. The van der Waals surface area contributed by atoms with Gasteiger partial charge in [0.25, 0.3) is 11.8 Å². The van der Waals surface area contributed by atoms with Crippen LogP contribution in [0.15, 0.2) is 48.5 Å². The van der Waals surface area contributed by atoms with E-state index in [1.165, 1.54) is 0 Å². The lowest BCUT2D eigenvalue weighted by atomic mass is 9.98. The van der Waals surface area contributed by atoms with Crippen LogP contribution >= 0.6 is 0 Å². The van der Waals surface area contributed by atoms with Crippen molar-refractivity contribution in [2.24, 2.45) is 0 Å². The molecule has 2 amide bonds. The number of hydrogen-bond acceptors (Lipinski definition) is 4. The number of rotatable bonds is 9. The van der Waals surface area contributed by atoms with Gasteiger partial charge in [0.05, 0.1) is 0 Å². The topological polar surface area (TPSA) is 76.7 Å². The van der Waals surface area contributed by atoms with Gasteiger partial charge in [-0.15, -0.1) is 0 Å². The zero-order chi connectivity index (χ0) is 20.4. The van der Waals surface area contributed by atoms with Crippen molar-refractivity contribution < 1.29 is 19.1 Å². The van der Waals surface area contributed by atoms with Crippen molar-refractivity contribution in [3.8, 4) is 11.5 Å². The third kappa shape index (κ3) is 6.61. The Kier molecular flexibility index (Phi) is 8.34. The predicted octanol–water partition coefficient (Wildman–Crippen LogP) is 3.37. The Labute approximate surface area is 166 Å². The Morgan fingerprint density at radius 3 is 2.29 bits per heavy atom. The number of amides is 2. The molecule has 0 fully saturated rings. The van der Waals surface area contributed by atoms with Gasteiger partial charge in [0.2, 0.25) is 0 Å². The largest absolute Gasteiger partial charge is 0.484 e. The third-order valence-corrected chi connectivity index (χ3v) is 4.44. The average Bonchev–Trinajstić information content (AvgIpc) is 2.74. The molecule has 1 atom stereocenters. The first-order valence-corrected chi connectivity index (χ1v) is 9.54. The van der Waals surface area contributed by atoms with Crippen molar-refractivity contribution in [1.29, 1.82) is 0 Å². The van der Waals surface area contributed by atoms with Crippen LogP contribution in [0.3, 0.4) is 0 Å². The van der Waals surface area contributed by atoms with Gasteiger partial charge in [0.1, 0.15) is 11.5 Å². The second-order valence-electron chi connectivity index (χ2n) is 6.52. The molecule has 0 aliphatic rings. The summed E-state index contributed by atoms with van der Waals surface area (Å²) in [5.74, 6) is 0.737. The van der Waals surface area contributed by atoms with E-state index in [9.17, 15) is 9.59 Å². The van der Waals surface area contributed by atoms with Gasteiger partial charge in [0.15, 0.2) is 13.2 Å². The molecule has 0 saturated heterocycles. The Morgan fingerprint density at radius 1 is 0.929 bits per heavy atom. The van der Waals surface area contributed by atoms with E-state index in [1.54, 1.807) is 6.07 Å². The number of nitrogens with one attached hydrogen (secondary N) is 2. The summed E-state index contributed by atoms with van der Waals surface area (Å²) in [6.45, 7) is 5.88. The summed E-state index contributed by atoms with van der Waals surface area (Å²) in [5.41, 5.74) is 6.84. The average molecular weight is 384 g/mol. The fourth-order valence-electron chi connectivity index (χ4n) is 2.60. The highest BCUT2D eigenvalue weighted by molar-refractivity contribution is 5.83. The lowest BCUT2D eigenvalue weighted by molar-refractivity contribution is -0.131. The van der Waals surface area contributed by atoms with Gasteiger partial charge in [-0.05, 0) is 48.1 Å². The van der Waals surface area contributed by atoms with Crippen molar-refractivity contribution >= 4 is 11.8 Å². The molecule has 0 bridgehead atoms. The molecule has 2 rings (SSSR count). The third-order valence-electron chi connectivity index (χ3n) is 4.44. The summed E-state index contributed by atoms with van der Waals surface area (Å²) in [6, 6.07) is 15.2. The van der Waals surface area contributed by atoms with E-state index >= 15 is 0 Å². The molecule has 0 radical (unpaired) electrons. The number of aryl methyl sites for hydroxylation is 1. The van der Waals surface area contributed by atoms with Gasteiger partial charge in [-0.1, -0.05) is 51.1 Å². The molecular formula is C22H28N2O4. The van der Waals surface area contributed by atoms with Gasteiger partial charge >= 0.3 is 0 Å². The van der Waals surface area contributed by atoms with Gasteiger partial charge in [0, 0.05) is 0 Å². The maximum absolute atomic E-state index is 11.9. The van der Waals surface area contributed by atoms with Crippen LogP contribution in [0.5, 0.6) is 11.5 Å². The Balaban J connectivity index is 1.74. The molecule has 1 unspecified atom stereocenters. The highest BCUT2D eigenvalue weighted by atomic mass is 16.5. The number of hydrogen-bond donors (Lipinski definition) is 2. The summed E-state index contributed by atoms with van der Waals surface area (Å²) < 4.78 is 11.0. The number of carbonyl (C=O) groups is 2. The molecular weight excluding hydrogens is 356 g/mol. The molecule has 6 nitrogen and oxygen atoms in total. The summed E-state index contributed by atoms with van der Waals surface area (Å²) in [4.78, 5) is 23.8. The SMILES string of the molecule is CCc1cccc(OCC(=O)NNC(=O)COc2ccccc2C(C)CC)c1. The van der Waals surface area contributed by atoms with Crippen molar-refractivity contribution in [1.82, 2.24) is 10.9 Å². The normalized spacial score (nSPS) is 11.4. The molecule has 0 heterocycles. The quantitative estimate of drug-likeness (QED) is 0.650. The molecule has 0 saturated carbocycles. The first-order valence-electron chi connectivity index (χ1n) is 9.54. The van der Waals surface area contributed by atoms with Gasteiger partial charge in [-0.25, -0.2) is 0 Å². The minimum absolute atomic E-state index is 0.187. The standard InChI is InChI=1S/C22H28N2O4/c1-4-16(3)19-11-6-7-12-20(19)28-15-22(26)24-23-21(25)14-27-18-10-8-9-17(5-2)13-18/h6-13,16H,4-5,14-15H2,1-3H3,(H,23,25)(H,24,26). The number of para-hydroxylation sites is 1. The summed E-state index contributed by atoms with van der Waals surface area (Å²) in [7, 11) is 0. The van der Waals surface area contributed by atoms with E-state index in [2.05, 4.69) is 24.7 Å². The number of ether oxygens (including phenoxy) is 2. The van der Waals surface area contributed by atoms with Crippen LogP contribution in [0, 0.1) is 0 Å². The summed E-state index contributed by atoms with van der Waals surface area (Å²) in [5, 5.41) is 0. The van der Waals surface area contributed by atoms with Crippen LogP contribution in [0.25, 0.3) is 0 Å². The summed E-state index contributed by atoms with van der Waals surface area (Å²) in [6.07, 6.45) is 1.86. The molecule has 2 aromatic carbocycles. The van der Waals surface area contributed by atoms with Crippen LogP contribution in [0.1, 0.15) is 44.2 Å². The highest BCUT2D eigenvalue weighted by Gasteiger charge is 2.12. The Bertz CT molecular complexity index is 792. The molecule has 2 aromatic rings. The number of carbonyl (C=O) groups excluding carboxylic acids is 2. The van der Waals surface area contributed by atoms with Gasteiger partial charge in [-0.3, -0.25) is 20.4 Å². The molecule has 0 aromatic heterocycles.